The Labute approximate surface area is 167 Å². The van der Waals surface area contributed by atoms with Crippen molar-refractivity contribution in [2.45, 2.75) is 13.2 Å². The molecule has 0 saturated carbocycles. The van der Waals surface area contributed by atoms with Crippen LogP contribution in [0.5, 0.6) is 17.2 Å². The number of halogens is 2. The Morgan fingerprint density at radius 3 is 2.64 bits per heavy atom. The molecule has 28 heavy (non-hydrogen) atoms. The maximum atomic E-state index is 13.9. The van der Waals surface area contributed by atoms with Crippen molar-refractivity contribution >= 4 is 17.3 Å². The number of rotatable bonds is 6. The minimum Gasteiger partial charge on any atom is -0.489 e. The topological polar surface area (TPSA) is 39.7 Å². The summed E-state index contributed by atoms with van der Waals surface area (Å²) >= 11 is 6.05. The molecule has 0 amide bonds. The van der Waals surface area contributed by atoms with Gasteiger partial charge in [0.2, 0.25) is 0 Å². The van der Waals surface area contributed by atoms with E-state index in [1.54, 1.807) is 12.1 Å². The van der Waals surface area contributed by atoms with E-state index in [4.69, 9.17) is 25.8 Å². The molecule has 4 nitrogen and oxygen atoms in total. The van der Waals surface area contributed by atoms with Gasteiger partial charge in [0, 0.05) is 23.9 Å². The van der Waals surface area contributed by atoms with Gasteiger partial charge in [-0.25, -0.2) is 4.39 Å². The SMILES string of the molecule is Fc1cccc(Cl)c1COc1cccc(CNc2ccc3c(c2)OCCO3)c1. The lowest BCUT2D eigenvalue weighted by molar-refractivity contribution is 0.171. The van der Waals surface area contributed by atoms with Crippen LogP contribution < -0.4 is 19.5 Å². The van der Waals surface area contributed by atoms with Crippen molar-refractivity contribution in [2.75, 3.05) is 18.5 Å². The lowest BCUT2D eigenvalue weighted by Crippen LogP contribution is -2.15. The van der Waals surface area contributed by atoms with E-state index >= 15 is 0 Å². The second-order valence-electron chi connectivity index (χ2n) is 6.35. The van der Waals surface area contributed by atoms with Crippen LogP contribution in [0.25, 0.3) is 0 Å². The standard InChI is InChI=1S/C22H19ClFNO3/c23-19-5-2-6-20(24)18(19)14-28-17-4-1-3-15(11-17)13-25-16-7-8-21-22(12-16)27-10-9-26-21/h1-8,11-12,25H,9-10,13-14H2. The van der Waals surface area contributed by atoms with E-state index in [2.05, 4.69) is 5.32 Å². The minimum absolute atomic E-state index is 0.0740. The van der Waals surface area contributed by atoms with E-state index in [1.807, 2.05) is 42.5 Å². The fourth-order valence-corrected chi connectivity index (χ4v) is 3.15. The van der Waals surface area contributed by atoms with Crippen molar-refractivity contribution in [1.82, 2.24) is 0 Å². The molecule has 1 aliphatic rings. The van der Waals surface area contributed by atoms with Crippen LogP contribution in [0, 0.1) is 5.82 Å². The minimum atomic E-state index is -0.371. The van der Waals surface area contributed by atoms with Crippen LogP contribution in [0.2, 0.25) is 5.02 Å². The van der Waals surface area contributed by atoms with Gasteiger partial charge in [-0.2, -0.15) is 0 Å². The molecule has 1 aliphatic heterocycles. The molecular formula is C22H19ClFNO3. The highest BCUT2D eigenvalue weighted by molar-refractivity contribution is 6.31. The van der Waals surface area contributed by atoms with Crippen molar-refractivity contribution in [3.8, 4) is 17.2 Å². The van der Waals surface area contributed by atoms with Gasteiger partial charge in [-0.15, -0.1) is 0 Å². The quantitative estimate of drug-likeness (QED) is 0.599. The van der Waals surface area contributed by atoms with Crippen LogP contribution in [-0.4, -0.2) is 13.2 Å². The summed E-state index contributed by atoms with van der Waals surface area (Å²) in [5.41, 5.74) is 2.32. The Kier molecular flexibility index (Phi) is 5.53. The van der Waals surface area contributed by atoms with Crippen LogP contribution in [-0.2, 0) is 13.2 Å². The molecule has 3 aromatic carbocycles. The first-order chi connectivity index (χ1) is 13.7. The van der Waals surface area contributed by atoms with E-state index in [-0.39, 0.29) is 12.4 Å². The molecule has 0 spiro atoms. The third kappa shape index (κ3) is 4.31. The Bertz CT molecular complexity index is 959. The smallest absolute Gasteiger partial charge is 0.163 e. The van der Waals surface area contributed by atoms with Gasteiger partial charge >= 0.3 is 0 Å². The monoisotopic (exact) mass is 399 g/mol. The van der Waals surface area contributed by atoms with Gasteiger partial charge in [0.25, 0.3) is 0 Å². The average molecular weight is 400 g/mol. The molecule has 0 fully saturated rings. The molecule has 0 saturated heterocycles. The number of benzene rings is 3. The molecule has 0 atom stereocenters. The van der Waals surface area contributed by atoms with Crippen LogP contribution in [0.1, 0.15) is 11.1 Å². The fraction of sp³-hybridized carbons (Fsp3) is 0.182. The summed E-state index contributed by atoms with van der Waals surface area (Å²) in [5, 5.41) is 3.72. The summed E-state index contributed by atoms with van der Waals surface area (Å²) in [7, 11) is 0. The number of hydrogen-bond acceptors (Lipinski definition) is 4. The van der Waals surface area contributed by atoms with Crippen molar-refractivity contribution in [2.24, 2.45) is 0 Å². The molecule has 4 rings (SSSR count). The Balaban J connectivity index is 1.39. The molecular weight excluding hydrogens is 381 g/mol. The van der Waals surface area contributed by atoms with Gasteiger partial charge in [0.15, 0.2) is 11.5 Å². The normalized spacial score (nSPS) is 12.5. The molecule has 0 unspecified atom stereocenters. The van der Waals surface area contributed by atoms with E-state index in [0.29, 0.717) is 36.1 Å². The third-order valence-corrected chi connectivity index (χ3v) is 4.74. The fourth-order valence-electron chi connectivity index (χ4n) is 2.93. The summed E-state index contributed by atoms with van der Waals surface area (Å²) in [5.74, 6) is 1.79. The van der Waals surface area contributed by atoms with Crippen LogP contribution in [0.4, 0.5) is 10.1 Å². The molecule has 3 aromatic rings. The lowest BCUT2D eigenvalue weighted by atomic mass is 10.2. The molecule has 0 radical (unpaired) electrons. The summed E-state index contributed by atoms with van der Waals surface area (Å²) < 4.78 is 30.7. The highest BCUT2D eigenvalue weighted by Gasteiger charge is 2.12. The Hall–Kier alpha value is -2.92. The number of ether oxygens (including phenoxy) is 3. The zero-order chi connectivity index (χ0) is 19.3. The Morgan fingerprint density at radius 2 is 1.79 bits per heavy atom. The van der Waals surface area contributed by atoms with Gasteiger partial charge in [-0.05, 0) is 42.0 Å². The third-order valence-electron chi connectivity index (χ3n) is 4.38. The van der Waals surface area contributed by atoms with Crippen molar-refractivity contribution in [1.29, 1.82) is 0 Å². The molecule has 1 heterocycles. The van der Waals surface area contributed by atoms with E-state index in [0.717, 1.165) is 22.7 Å². The summed E-state index contributed by atoms with van der Waals surface area (Å²) in [4.78, 5) is 0. The zero-order valence-electron chi connectivity index (χ0n) is 15.1. The summed E-state index contributed by atoms with van der Waals surface area (Å²) in [6.07, 6.45) is 0. The number of nitrogens with one attached hydrogen (secondary N) is 1. The molecule has 6 heteroatoms. The first kappa shape index (κ1) is 18.4. The number of fused-ring (bicyclic) bond motifs is 1. The van der Waals surface area contributed by atoms with Crippen LogP contribution in [0.15, 0.2) is 60.7 Å². The van der Waals surface area contributed by atoms with Crippen molar-refractivity contribution in [3.63, 3.8) is 0 Å². The molecule has 0 bridgehead atoms. The second-order valence-corrected chi connectivity index (χ2v) is 6.76. The van der Waals surface area contributed by atoms with Gasteiger partial charge in [0.05, 0.1) is 5.02 Å². The van der Waals surface area contributed by atoms with Crippen molar-refractivity contribution < 1.29 is 18.6 Å². The Morgan fingerprint density at radius 1 is 0.964 bits per heavy atom. The number of hydrogen-bond donors (Lipinski definition) is 1. The van der Waals surface area contributed by atoms with Gasteiger partial charge < -0.3 is 19.5 Å². The molecule has 0 aromatic heterocycles. The summed E-state index contributed by atoms with van der Waals surface area (Å²) in [6.45, 7) is 1.81. The molecule has 0 aliphatic carbocycles. The summed E-state index contributed by atoms with van der Waals surface area (Å²) in [6, 6.07) is 18.0. The van der Waals surface area contributed by atoms with E-state index in [9.17, 15) is 4.39 Å². The van der Waals surface area contributed by atoms with Gasteiger partial charge in [0.1, 0.15) is 31.4 Å². The first-order valence-corrected chi connectivity index (χ1v) is 9.35. The molecule has 1 N–H and O–H groups in total. The van der Waals surface area contributed by atoms with Crippen LogP contribution in [0.3, 0.4) is 0 Å². The van der Waals surface area contributed by atoms with Gasteiger partial charge in [-0.1, -0.05) is 29.8 Å². The highest BCUT2D eigenvalue weighted by Crippen LogP contribution is 2.32. The van der Waals surface area contributed by atoms with Crippen molar-refractivity contribution in [3.05, 3.63) is 82.6 Å². The highest BCUT2D eigenvalue weighted by atomic mass is 35.5. The maximum absolute atomic E-state index is 13.9. The lowest BCUT2D eigenvalue weighted by Gasteiger charge is -2.19. The van der Waals surface area contributed by atoms with E-state index in [1.165, 1.54) is 6.07 Å². The largest absolute Gasteiger partial charge is 0.489 e. The maximum Gasteiger partial charge on any atom is 0.163 e. The predicted molar refractivity (Wildman–Crippen MR) is 107 cm³/mol. The first-order valence-electron chi connectivity index (χ1n) is 8.97. The average Bonchev–Trinajstić information content (AvgIpc) is 2.72. The van der Waals surface area contributed by atoms with Crippen LogP contribution >= 0.6 is 11.6 Å². The van der Waals surface area contributed by atoms with E-state index < -0.39 is 0 Å². The molecule has 144 valence electrons. The predicted octanol–water partition coefficient (Wildman–Crippen LogP) is 5.44. The van der Waals surface area contributed by atoms with Gasteiger partial charge in [-0.3, -0.25) is 0 Å². The second kappa shape index (κ2) is 8.40. The number of anilines is 1. The zero-order valence-corrected chi connectivity index (χ0v) is 15.8.